The Bertz CT molecular complexity index is 1120. The predicted octanol–water partition coefficient (Wildman–Crippen LogP) is 2.31. The normalized spacial score (nSPS) is 12.1. The maximum absolute atomic E-state index is 13.6. The SMILES string of the molecule is CCOCCc1cc2c(O)c(C(=O)NCC(=O)OC(C)(C)C)c(=O)n(C)c2nc1C(F)(F)F. The topological polar surface area (TPSA) is 120 Å². The third kappa shape index (κ3) is 6.21. The highest BCUT2D eigenvalue weighted by Crippen LogP contribution is 2.35. The molecular weight excluding hydrogens is 447 g/mol. The fourth-order valence-electron chi connectivity index (χ4n) is 3.06. The molecule has 0 bridgehead atoms. The molecule has 2 rings (SSSR count). The van der Waals surface area contributed by atoms with E-state index in [4.69, 9.17) is 9.47 Å². The fourth-order valence-corrected chi connectivity index (χ4v) is 3.06. The molecule has 2 N–H and O–H groups in total. The van der Waals surface area contributed by atoms with Crippen LogP contribution in [-0.2, 0) is 33.9 Å². The molecular formula is C21H26F3N3O6. The Morgan fingerprint density at radius 3 is 2.42 bits per heavy atom. The van der Waals surface area contributed by atoms with Gasteiger partial charge in [-0.2, -0.15) is 13.2 Å². The lowest BCUT2D eigenvalue weighted by Crippen LogP contribution is -2.38. The Labute approximate surface area is 187 Å². The van der Waals surface area contributed by atoms with E-state index in [1.165, 1.54) is 0 Å². The van der Waals surface area contributed by atoms with Crippen molar-refractivity contribution in [2.45, 2.75) is 45.9 Å². The van der Waals surface area contributed by atoms with Crippen molar-refractivity contribution in [3.63, 3.8) is 0 Å². The van der Waals surface area contributed by atoms with E-state index in [1.807, 2.05) is 0 Å². The molecule has 12 heteroatoms. The molecule has 0 spiro atoms. The standard InChI is InChI=1S/C21H26F3N3O6/c1-6-32-8-7-11-9-12-15(29)14(18(30)25-10-13(28)33-20(2,3)4)19(31)27(5)17(12)26-16(11)21(22,23)24/h9,29H,6-8,10H2,1-5H3,(H,25,30). The number of hydrogen-bond donors (Lipinski definition) is 2. The molecule has 1 amide bonds. The lowest BCUT2D eigenvalue weighted by atomic mass is 10.1. The van der Waals surface area contributed by atoms with Gasteiger partial charge in [-0.05, 0) is 45.7 Å². The molecule has 0 saturated carbocycles. The summed E-state index contributed by atoms with van der Waals surface area (Å²) < 4.78 is 51.6. The van der Waals surface area contributed by atoms with Crippen LogP contribution in [0.25, 0.3) is 11.0 Å². The number of halogens is 3. The Kier molecular flexibility index (Phi) is 7.73. The second-order valence-electron chi connectivity index (χ2n) is 8.17. The number of carbonyl (C=O) groups excluding carboxylic acids is 2. The van der Waals surface area contributed by atoms with Gasteiger partial charge in [0.2, 0.25) is 0 Å². The minimum absolute atomic E-state index is 0.0253. The molecule has 0 atom stereocenters. The summed E-state index contributed by atoms with van der Waals surface area (Å²) in [7, 11) is 1.13. The van der Waals surface area contributed by atoms with Crippen LogP contribution in [0.15, 0.2) is 10.9 Å². The van der Waals surface area contributed by atoms with Crippen LogP contribution in [0.1, 0.15) is 49.3 Å². The molecule has 0 aliphatic heterocycles. The Balaban J connectivity index is 2.54. The summed E-state index contributed by atoms with van der Waals surface area (Å²) in [6, 6.07) is 1.03. The van der Waals surface area contributed by atoms with E-state index >= 15 is 0 Å². The van der Waals surface area contributed by atoms with Gasteiger partial charge in [0.25, 0.3) is 11.5 Å². The fraction of sp³-hybridized carbons (Fsp3) is 0.524. The zero-order chi connectivity index (χ0) is 25.1. The van der Waals surface area contributed by atoms with Gasteiger partial charge in [-0.15, -0.1) is 0 Å². The highest BCUT2D eigenvalue weighted by molar-refractivity contribution is 6.02. The van der Waals surface area contributed by atoms with E-state index in [9.17, 15) is 32.7 Å². The molecule has 0 aliphatic carbocycles. The molecule has 0 saturated heterocycles. The first-order valence-corrected chi connectivity index (χ1v) is 10.1. The van der Waals surface area contributed by atoms with E-state index in [0.29, 0.717) is 6.61 Å². The largest absolute Gasteiger partial charge is 0.506 e. The van der Waals surface area contributed by atoms with E-state index in [2.05, 4.69) is 10.3 Å². The van der Waals surface area contributed by atoms with Crippen LogP contribution >= 0.6 is 0 Å². The van der Waals surface area contributed by atoms with Crippen molar-refractivity contribution in [2.75, 3.05) is 19.8 Å². The molecule has 2 heterocycles. The number of ether oxygens (including phenoxy) is 2. The average Bonchev–Trinajstić information content (AvgIpc) is 2.68. The van der Waals surface area contributed by atoms with Gasteiger partial charge in [0, 0.05) is 13.7 Å². The molecule has 33 heavy (non-hydrogen) atoms. The van der Waals surface area contributed by atoms with Crippen molar-refractivity contribution < 1.29 is 37.3 Å². The quantitative estimate of drug-likeness (QED) is 0.468. The number of nitrogens with one attached hydrogen (secondary N) is 1. The van der Waals surface area contributed by atoms with Gasteiger partial charge in [0.15, 0.2) is 0 Å². The van der Waals surface area contributed by atoms with Gasteiger partial charge in [0.05, 0.1) is 12.0 Å². The van der Waals surface area contributed by atoms with Gasteiger partial charge >= 0.3 is 12.1 Å². The van der Waals surface area contributed by atoms with E-state index < -0.39 is 58.4 Å². The van der Waals surface area contributed by atoms with E-state index in [1.54, 1.807) is 27.7 Å². The average molecular weight is 473 g/mol. The molecule has 2 aromatic rings. The van der Waals surface area contributed by atoms with Crippen molar-refractivity contribution in [3.05, 3.63) is 33.2 Å². The number of aromatic hydroxyl groups is 1. The molecule has 2 aromatic heterocycles. The maximum atomic E-state index is 13.6. The van der Waals surface area contributed by atoms with Gasteiger partial charge in [0.1, 0.15) is 34.8 Å². The zero-order valence-electron chi connectivity index (χ0n) is 18.9. The molecule has 0 unspecified atom stereocenters. The second-order valence-corrected chi connectivity index (χ2v) is 8.17. The second kappa shape index (κ2) is 9.77. The monoisotopic (exact) mass is 473 g/mol. The molecule has 0 fully saturated rings. The van der Waals surface area contributed by atoms with E-state index in [0.717, 1.165) is 17.7 Å². The molecule has 0 aliphatic rings. The molecule has 9 nitrogen and oxygen atoms in total. The number of nitrogens with zero attached hydrogens (tertiary/aromatic N) is 2. The van der Waals surface area contributed by atoms with Crippen LogP contribution in [-0.4, -0.2) is 51.9 Å². The summed E-state index contributed by atoms with van der Waals surface area (Å²) in [5, 5.41) is 12.6. The third-order valence-electron chi connectivity index (χ3n) is 4.44. The number of hydrogen-bond acceptors (Lipinski definition) is 7. The lowest BCUT2D eigenvalue weighted by molar-refractivity contribution is -0.153. The number of fused-ring (bicyclic) bond motifs is 1. The number of aromatic nitrogens is 2. The number of alkyl halides is 3. The van der Waals surface area contributed by atoms with Crippen LogP contribution < -0.4 is 10.9 Å². The summed E-state index contributed by atoms with van der Waals surface area (Å²) in [5.74, 6) is -2.70. The van der Waals surface area contributed by atoms with Crippen LogP contribution in [0.3, 0.4) is 0 Å². The molecule has 0 radical (unpaired) electrons. The zero-order valence-corrected chi connectivity index (χ0v) is 18.9. The maximum Gasteiger partial charge on any atom is 0.433 e. The summed E-state index contributed by atoms with van der Waals surface area (Å²) in [6.07, 6.45) is -4.97. The van der Waals surface area contributed by atoms with Crippen LogP contribution in [0.5, 0.6) is 5.75 Å². The highest BCUT2D eigenvalue weighted by Gasteiger charge is 2.36. The van der Waals surface area contributed by atoms with Crippen molar-refractivity contribution >= 4 is 22.9 Å². The number of esters is 1. The van der Waals surface area contributed by atoms with Crippen molar-refractivity contribution in [1.82, 2.24) is 14.9 Å². The van der Waals surface area contributed by atoms with Crippen molar-refractivity contribution in [1.29, 1.82) is 0 Å². The molecule has 182 valence electrons. The van der Waals surface area contributed by atoms with Crippen molar-refractivity contribution in [2.24, 2.45) is 7.05 Å². The Morgan fingerprint density at radius 1 is 1.24 bits per heavy atom. The van der Waals surface area contributed by atoms with Gasteiger partial charge in [-0.1, -0.05) is 0 Å². The minimum atomic E-state index is -4.81. The first kappa shape index (κ1) is 26.1. The number of rotatable bonds is 7. The van der Waals surface area contributed by atoms with Crippen LogP contribution in [0.2, 0.25) is 0 Å². The van der Waals surface area contributed by atoms with Gasteiger partial charge in [-0.3, -0.25) is 19.0 Å². The smallest absolute Gasteiger partial charge is 0.433 e. The van der Waals surface area contributed by atoms with Crippen molar-refractivity contribution in [3.8, 4) is 5.75 Å². The first-order chi connectivity index (χ1) is 15.2. The number of carbonyl (C=O) groups is 2. The van der Waals surface area contributed by atoms with Gasteiger partial charge < -0.3 is 19.9 Å². The predicted molar refractivity (Wildman–Crippen MR) is 112 cm³/mol. The van der Waals surface area contributed by atoms with Crippen LogP contribution in [0, 0.1) is 0 Å². The summed E-state index contributed by atoms with van der Waals surface area (Å²) in [6.45, 7) is 6.26. The number of aryl methyl sites for hydroxylation is 1. The summed E-state index contributed by atoms with van der Waals surface area (Å²) >= 11 is 0. The number of pyridine rings is 2. The third-order valence-corrected chi connectivity index (χ3v) is 4.44. The van der Waals surface area contributed by atoms with E-state index in [-0.39, 0.29) is 24.0 Å². The molecule has 0 aromatic carbocycles. The van der Waals surface area contributed by atoms with Gasteiger partial charge in [-0.25, -0.2) is 4.98 Å². The number of amides is 1. The summed E-state index contributed by atoms with van der Waals surface area (Å²) in [4.78, 5) is 40.6. The lowest BCUT2D eigenvalue weighted by Gasteiger charge is -2.19. The first-order valence-electron chi connectivity index (χ1n) is 10.1. The Morgan fingerprint density at radius 2 is 1.88 bits per heavy atom. The Hall–Kier alpha value is -3.15. The summed E-state index contributed by atoms with van der Waals surface area (Å²) in [5.41, 5.74) is -4.55. The minimum Gasteiger partial charge on any atom is -0.506 e. The van der Waals surface area contributed by atoms with Crippen LogP contribution in [0.4, 0.5) is 13.2 Å². The highest BCUT2D eigenvalue weighted by atomic mass is 19.4.